The molecule has 3 aromatic rings. The number of methoxy groups -OCH3 is 1. The first-order valence-corrected chi connectivity index (χ1v) is 14.9. The van der Waals surface area contributed by atoms with Crippen LogP contribution >= 0.6 is 0 Å². The Kier molecular flexibility index (Phi) is 9.23. The van der Waals surface area contributed by atoms with Crippen LogP contribution in [0.4, 0.5) is 11.6 Å². The van der Waals surface area contributed by atoms with Crippen molar-refractivity contribution in [2.24, 2.45) is 0 Å². The highest BCUT2D eigenvalue weighted by molar-refractivity contribution is 8.31. The third-order valence-electron chi connectivity index (χ3n) is 6.52. The highest BCUT2D eigenvalue weighted by atomic mass is 32.8. The summed E-state index contributed by atoms with van der Waals surface area (Å²) in [6.45, 7) is 4.60. The van der Waals surface area contributed by atoms with E-state index in [0.717, 1.165) is 11.3 Å². The first-order valence-electron chi connectivity index (χ1n) is 12.5. The molecule has 0 spiro atoms. The van der Waals surface area contributed by atoms with Crippen LogP contribution in [0.5, 0.6) is 0 Å². The number of hydrogen-bond acceptors (Lipinski definition) is 8. The van der Waals surface area contributed by atoms with Gasteiger partial charge in [-0.1, -0.05) is 12.1 Å². The van der Waals surface area contributed by atoms with Gasteiger partial charge in [-0.3, -0.25) is 9.59 Å². The van der Waals surface area contributed by atoms with Crippen molar-refractivity contribution in [2.75, 3.05) is 58.8 Å². The van der Waals surface area contributed by atoms with E-state index in [1.165, 1.54) is 0 Å². The first kappa shape index (κ1) is 28.6. The van der Waals surface area contributed by atoms with Crippen LogP contribution in [0.15, 0.2) is 65.7 Å². The van der Waals surface area contributed by atoms with Crippen LogP contribution in [0.25, 0.3) is 11.3 Å². The number of hydrogen-bond donors (Lipinski definition) is 1. The Bertz CT molecular complexity index is 1410. The molecule has 0 saturated carbocycles. The molecule has 0 bridgehead atoms. The molecule has 10 nitrogen and oxygen atoms in total. The number of nitrogens with zero attached hydrogens (tertiary/aromatic N) is 5. The SMILES string of the molecule is COCCN(C)S(=O)(=S)c1ccc(-c2ccnc(Nc3ccc(C(=O)N4CCN(C(C)=O)CC4)cc3)n2)cc1. The summed E-state index contributed by atoms with van der Waals surface area (Å²) in [4.78, 5) is 37.4. The van der Waals surface area contributed by atoms with Crippen LogP contribution in [0.1, 0.15) is 17.3 Å². The number of rotatable bonds is 9. The van der Waals surface area contributed by atoms with E-state index in [1.54, 1.807) is 71.7 Å². The number of carbonyl (C=O) groups is 2. The predicted molar refractivity (Wildman–Crippen MR) is 154 cm³/mol. The van der Waals surface area contributed by atoms with Gasteiger partial charge in [-0.15, -0.1) is 0 Å². The van der Waals surface area contributed by atoms with Gasteiger partial charge in [0.25, 0.3) is 5.91 Å². The van der Waals surface area contributed by atoms with Gasteiger partial charge in [-0.2, -0.15) is 0 Å². The molecular weight excluding hydrogens is 536 g/mol. The van der Waals surface area contributed by atoms with Crippen molar-refractivity contribution in [1.82, 2.24) is 24.1 Å². The fraction of sp³-hybridized carbons (Fsp3) is 0.333. The molecule has 12 heteroatoms. The average Bonchev–Trinajstić information content (AvgIpc) is 2.96. The molecule has 2 aromatic carbocycles. The Balaban J connectivity index is 1.40. The van der Waals surface area contributed by atoms with Gasteiger partial charge in [0, 0.05) is 88.0 Å². The van der Waals surface area contributed by atoms with Crippen molar-refractivity contribution in [1.29, 1.82) is 0 Å². The lowest BCUT2D eigenvalue weighted by Gasteiger charge is -2.34. The van der Waals surface area contributed by atoms with Gasteiger partial charge < -0.3 is 19.9 Å². The highest BCUT2D eigenvalue weighted by Gasteiger charge is 2.23. The second-order valence-electron chi connectivity index (χ2n) is 9.11. The predicted octanol–water partition coefficient (Wildman–Crippen LogP) is 2.79. The topological polar surface area (TPSA) is 108 Å². The van der Waals surface area contributed by atoms with E-state index in [0.29, 0.717) is 61.4 Å². The average molecular weight is 569 g/mol. The van der Waals surface area contributed by atoms with Gasteiger partial charge in [0.15, 0.2) is 0 Å². The molecule has 1 aliphatic heterocycles. The number of amides is 2. The van der Waals surface area contributed by atoms with Crippen LogP contribution in [-0.4, -0.2) is 93.6 Å². The van der Waals surface area contributed by atoms with Gasteiger partial charge >= 0.3 is 0 Å². The summed E-state index contributed by atoms with van der Waals surface area (Å²) in [5.74, 6) is 0.381. The molecule has 1 unspecified atom stereocenters. The van der Waals surface area contributed by atoms with Crippen LogP contribution in [-0.2, 0) is 29.4 Å². The molecule has 1 aromatic heterocycles. The maximum absolute atomic E-state index is 13.1. The van der Waals surface area contributed by atoms with E-state index in [1.807, 2.05) is 24.3 Å². The molecule has 0 aliphatic carbocycles. The Hall–Kier alpha value is -3.45. The lowest BCUT2D eigenvalue weighted by atomic mass is 10.1. The van der Waals surface area contributed by atoms with Crippen LogP contribution in [0, 0.1) is 0 Å². The monoisotopic (exact) mass is 568 g/mol. The molecule has 2 heterocycles. The normalized spacial score (nSPS) is 15.2. The van der Waals surface area contributed by atoms with Crippen molar-refractivity contribution < 1.29 is 18.5 Å². The zero-order valence-corrected chi connectivity index (χ0v) is 23.8. The Morgan fingerprint density at radius 2 is 1.67 bits per heavy atom. The van der Waals surface area contributed by atoms with Crippen molar-refractivity contribution in [3.63, 3.8) is 0 Å². The first-order chi connectivity index (χ1) is 18.7. The fourth-order valence-corrected chi connectivity index (χ4v) is 5.84. The maximum atomic E-state index is 13.1. The molecular formula is C27H32N6O4S2. The summed E-state index contributed by atoms with van der Waals surface area (Å²) >= 11 is 5.40. The minimum absolute atomic E-state index is 0.0318. The molecule has 1 fully saturated rings. The molecule has 1 N–H and O–H groups in total. The van der Waals surface area contributed by atoms with E-state index in [2.05, 4.69) is 15.3 Å². The molecule has 1 aliphatic rings. The summed E-state index contributed by atoms with van der Waals surface area (Å²) in [6, 6.07) is 16.2. The Labute approximate surface area is 233 Å². The number of nitrogens with one attached hydrogen (secondary N) is 1. The summed E-state index contributed by atoms with van der Waals surface area (Å²) in [5, 5.41) is 3.18. The van der Waals surface area contributed by atoms with E-state index in [4.69, 9.17) is 15.9 Å². The standard InChI is InChI=1S/C27H32N6O4S2/c1-20(34)32-14-16-33(17-15-32)26(35)22-4-8-23(9-5-22)29-27-28-13-12-25(30-27)21-6-10-24(11-7-21)39(36,38)31(2)18-19-37-3/h4-13H,14-19H2,1-3H3,(H,28,29,30). The molecule has 0 radical (unpaired) electrons. The van der Waals surface area contributed by atoms with Crippen molar-refractivity contribution in [3.8, 4) is 11.3 Å². The number of aromatic nitrogens is 2. The van der Waals surface area contributed by atoms with E-state index in [9.17, 15) is 13.8 Å². The van der Waals surface area contributed by atoms with Gasteiger partial charge in [0.1, 0.15) is 8.68 Å². The molecule has 1 saturated heterocycles. The summed E-state index contributed by atoms with van der Waals surface area (Å²) in [5.41, 5.74) is 2.85. The molecule has 206 valence electrons. The van der Waals surface area contributed by atoms with E-state index < -0.39 is 8.68 Å². The number of likely N-dealkylation sites (N-methyl/N-ethyl adjacent to an activating group) is 1. The van der Waals surface area contributed by atoms with Crippen molar-refractivity contribution >= 4 is 43.3 Å². The zero-order valence-electron chi connectivity index (χ0n) is 22.2. The Morgan fingerprint density at radius 3 is 2.28 bits per heavy atom. The molecule has 2 amide bonds. The molecule has 39 heavy (non-hydrogen) atoms. The molecule has 1 atom stereocenters. The van der Waals surface area contributed by atoms with Gasteiger partial charge in [-0.05, 0) is 42.5 Å². The Morgan fingerprint density at radius 1 is 1.03 bits per heavy atom. The summed E-state index contributed by atoms with van der Waals surface area (Å²) in [6.07, 6.45) is 1.66. The van der Waals surface area contributed by atoms with Gasteiger partial charge in [-0.25, -0.2) is 18.5 Å². The number of anilines is 2. The largest absolute Gasteiger partial charge is 0.383 e. The van der Waals surface area contributed by atoms with Crippen LogP contribution in [0.3, 0.4) is 0 Å². The van der Waals surface area contributed by atoms with Gasteiger partial charge in [0.2, 0.25) is 11.9 Å². The molecule has 4 rings (SSSR count). The summed E-state index contributed by atoms with van der Waals surface area (Å²) < 4.78 is 19.8. The third-order valence-corrected chi connectivity index (χ3v) is 9.74. The van der Waals surface area contributed by atoms with Gasteiger partial charge in [0.05, 0.1) is 17.2 Å². The zero-order chi connectivity index (χ0) is 28.0. The smallest absolute Gasteiger partial charge is 0.253 e. The fourth-order valence-electron chi connectivity index (χ4n) is 4.13. The number of benzene rings is 2. The number of piperazine rings is 1. The summed E-state index contributed by atoms with van der Waals surface area (Å²) in [7, 11) is 0.537. The maximum Gasteiger partial charge on any atom is 0.253 e. The quantitative estimate of drug-likeness (QED) is 0.420. The van der Waals surface area contributed by atoms with Crippen LogP contribution in [0.2, 0.25) is 0 Å². The van der Waals surface area contributed by atoms with Crippen LogP contribution < -0.4 is 5.32 Å². The van der Waals surface area contributed by atoms with Crippen molar-refractivity contribution in [2.45, 2.75) is 11.8 Å². The number of ether oxygens (including phenoxy) is 1. The van der Waals surface area contributed by atoms with Crippen molar-refractivity contribution in [3.05, 3.63) is 66.4 Å². The minimum Gasteiger partial charge on any atom is -0.383 e. The highest BCUT2D eigenvalue weighted by Crippen LogP contribution is 2.23. The number of carbonyl (C=O) groups excluding carboxylic acids is 2. The lowest BCUT2D eigenvalue weighted by molar-refractivity contribution is -0.130. The third kappa shape index (κ3) is 6.95. The lowest BCUT2D eigenvalue weighted by Crippen LogP contribution is -2.50. The second kappa shape index (κ2) is 12.6. The van der Waals surface area contributed by atoms with E-state index >= 15 is 0 Å². The second-order valence-corrected chi connectivity index (χ2v) is 12.5. The van der Waals surface area contributed by atoms with E-state index in [-0.39, 0.29) is 11.8 Å². The minimum atomic E-state index is -2.78.